The average Bonchev–Trinajstić information content (AvgIpc) is 3.10. The van der Waals surface area contributed by atoms with Gasteiger partial charge in [0.05, 0.1) is 17.6 Å². The van der Waals surface area contributed by atoms with Gasteiger partial charge in [-0.25, -0.2) is 4.79 Å². The number of hydrogen-bond acceptors (Lipinski definition) is 4. The number of H-pyrrole nitrogens is 1. The Morgan fingerprint density at radius 3 is 2.45 bits per heavy atom. The Kier molecular flexibility index (Phi) is 7.95. The van der Waals surface area contributed by atoms with Crippen LogP contribution >= 0.6 is 0 Å². The molecule has 0 radical (unpaired) electrons. The topological polar surface area (TPSA) is 91.5 Å². The van der Waals surface area contributed by atoms with E-state index in [0.29, 0.717) is 42.1 Å². The predicted molar refractivity (Wildman–Crippen MR) is 127 cm³/mol. The number of aromatic amines is 1. The van der Waals surface area contributed by atoms with Crippen molar-refractivity contribution >= 4 is 17.8 Å². The number of aromatic nitrogens is 1. The van der Waals surface area contributed by atoms with E-state index in [1.54, 1.807) is 32.6 Å². The second-order valence-corrected chi connectivity index (χ2v) is 9.06. The number of rotatable bonds is 7. The number of nitrogens with zero attached hydrogens (tertiary/aromatic N) is 1. The van der Waals surface area contributed by atoms with Crippen LogP contribution in [0.2, 0.25) is 0 Å². The van der Waals surface area contributed by atoms with Crippen LogP contribution in [0.1, 0.15) is 76.8 Å². The Balaban J connectivity index is 1.64. The minimum atomic E-state index is -0.432. The molecule has 1 aliphatic rings. The Hall–Kier alpha value is -3.09. The summed E-state index contributed by atoms with van der Waals surface area (Å²) in [6, 6.07) is 8.23. The molecule has 178 valence electrons. The van der Waals surface area contributed by atoms with Crippen molar-refractivity contribution < 1.29 is 19.1 Å². The number of ether oxygens (including phenoxy) is 1. The van der Waals surface area contributed by atoms with Gasteiger partial charge in [0, 0.05) is 25.3 Å². The number of carbonyl (C=O) groups excluding carboxylic acids is 3. The van der Waals surface area contributed by atoms with Gasteiger partial charge in [0.2, 0.25) is 5.91 Å². The molecule has 1 saturated heterocycles. The van der Waals surface area contributed by atoms with E-state index in [0.717, 1.165) is 24.8 Å². The van der Waals surface area contributed by atoms with Crippen LogP contribution in [-0.2, 0) is 22.5 Å². The third-order valence-corrected chi connectivity index (χ3v) is 6.18. The molecule has 2 amide bonds. The van der Waals surface area contributed by atoms with E-state index in [1.807, 2.05) is 12.1 Å². The molecule has 33 heavy (non-hydrogen) atoms. The van der Waals surface area contributed by atoms with Gasteiger partial charge in [0.15, 0.2) is 0 Å². The number of nitrogens with one attached hydrogen (secondary N) is 2. The summed E-state index contributed by atoms with van der Waals surface area (Å²) in [6.07, 6.45) is 2.25. The van der Waals surface area contributed by atoms with Crippen LogP contribution in [0.25, 0.3) is 0 Å². The molecule has 2 aromatic rings. The summed E-state index contributed by atoms with van der Waals surface area (Å²) in [6.45, 7) is 10.6. The lowest BCUT2D eigenvalue weighted by molar-refractivity contribution is -0.126. The normalized spacial score (nSPS) is 16.1. The van der Waals surface area contributed by atoms with Crippen LogP contribution in [0.5, 0.6) is 0 Å². The lowest BCUT2D eigenvalue weighted by atomic mass is 9.96. The van der Waals surface area contributed by atoms with Crippen LogP contribution in [0, 0.1) is 19.8 Å². The van der Waals surface area contributed by atoms with Crippen LogP contribution in [-0.4, -0.2) is 46.9 Å². The molecule has 1 aromatic heterocycles. The maximum atomic E-state index is 13.2. The predicted octanol–water partition coefficient (Wildman–Crippen LogP) is 3.93. The quantitative estimate of drug-likeness (QED) is 0.622. The molecule has 0 aliphatic carbocycles. The van der Waals surface area contributed by atoms with Crippen LogP contribution in [0.4, 0.5) is 0 Å². The molecule has 1 aliphatic heterocycles. The van der Waals surface area contributed by atoms with Crippen LogP contribution in [0.3, 0.4) is 0 Å². The van der Waals surface area contributed by atoms with Crippen LogP contribution in [0.15, 0.2) is 24.3 Å². The van der Waals surface area contributed by atoms with Crippen molar-refractivity contribution in [3.8, 4) is 0 Å². The van der Waals surface area contributed by atoms with Crippen molar-refractivity contribution in [3.63, 3.8) is 0 Å². The molecule has 7 nitrogen and oxygen atoms in total. The van der Waals surface area contributed by atoms with Gasteiger partial charge in [-0.05, 0) is 63.6 Å². The van der Waals surface area contributed by atoms with Crippen molar-refractivity contribution in [2.24, 2.45) is 5.92 Å². The number of aryl methyl sites for hydroxylation is 2. The number of likely N-dealkylation sites (tertiary alicyclic amines) is 1. The van der Waals surface area contributed by atoms with Gasteiger partial charge in [-0.3, -0.25) is 9.59 Å². The van der Waals surface area contributed by atoms with Crippen molar-refractivity contribution in [1.82, 2.24) is 15.2 Å². The number of piperidine rings is 1. The lowest BCUT2D eigenvalue weighted by Crippen LogP contribution is -2.45. The zero-order valence-corrected chi connectivity index (χ0v) is 20.3. The molecular weight excluding hydrogens is 418 g/mol. The Labute approximate surface area is 195 Å². The van der Waals surface area contributed by atoms with Gasteiger partial charge in [-0.15, -0.1) is 0 Å². The summed E-state index contributed by atoms with van der Waals surface area (Å²) in [5, 5.41) is 3.02. The number of benzene rings is 1. The highest BCUT2D eigenvalue weighted by atomic mass is 16.5. The highest BCUT2D eigenvalue weighted by molar-refractivity contribution is 6.00. The highest BCUT2D eigenvalue weighted by Crippen LogP contribution is 2.24. The van der Waals surface area contributed by atoms with Crippen molar-refractivity contribution in [3.05, 3.63) is 57.9 Å². The van der Waals surface area contributed by atoms with E-state index in [2.05, 4.69) is 29.4 Å². The maximum Gasteiger partial charge on any atom is 0.340 e. The van der Waals surface area contributed by atoms with Crippen molar-refractivity contribution in [2.75, 3.05) is 13.1 Å². The molecule has 2 N–H and O–H groups in total. The number of esters is 1. The van der Waals surface area contributed by atoms with E-state index in [9.17, 15) is 14.4 Å². The third-order valence-electron chi connectivity index (χ3n) is 6.18. The van der Waals surface area contributed by atoms with Gasteiger partial charge in [-0.1, -0.05) is 31.2 Å². The fourth-order valence-electron chi connectivity index (χ4n) is 4.30. The first-order valence-corrected chi connectivity index (χ1v) is 11.8. The molecule has 3 rings (SSSR count). The molecule has 7 heteroatoms. The van der Waals surface area contributed by atoms with Crippen LogP contribution < -0.4 is 5.32 Å². The molecule has 1 unspecified atom stereocenters. The second kappa shape index (κ2) is 10.7. The minimum absolute atomic E-state index is 0.0346. The fraction of sp³-hybridized carbons (Fsp3) is 0.500. The van der Waals surface area contributed by atoms with Crippen molar-refractivity contribution in [1.29, 1.82) is 0 Å². The molecule has 1 atom stereocenters. The molecule has 0 bridgehead atoms. The maximum absolute atomic E-state index is 13.2. The largest absolute Gasteiger partial charge is 0.459 e. The van der Waals surface area contributed by atoms with E-state index < -0.39 is 5.97 Å². The van der Waals surface area contributed by atoms with Gasteiger partial charge >= 0.3 is 5.97 Å². The zero-order chi connectivity index (χ0) is 24.1. The zero-order valence-electron chi connectivity index (χ0n) is 20.3. The first kappa shape index (κ1) is 24.6. The lowest BCUT2D eigenvalue weighted by Gasteiger charge is -2.32. The summed E-state index contributed by atoms with van der Waals surface area (Å²) in [4.78, 5) is 43.3. The molecule has 0 spiro atoms. The number of amides is 2. The first-order valence-electron chi connectivity index (χ1n) is 11.8. The fourth-order valence-corrected chi connectivity index (χ4v) is 4.30. The smallest absolute Gasteiger partial charge is 0.340 e. The Morgan fingerprint density at radius 2 is 1.82 bits per heavy atom. The summed E-state index contributed by atoms with van der Waals surface area (Å²) >= 11 is 0. The summed E-state index contributed by atoms with van der Waals surface area (Å²) in [5.41, 5.74) is 4.32. The molecular formula is C26H35N3O4. The summed E-state index contributed by atoms with van der Waals surface area (Å²) < 4.78 is 5.32. The van der Waals surface area contributed by atoms with E-state index >= 15 is 0 Å². The monoisotopic (exact) mass is 453 g/mol. The second-order valence-electron chi connectivity index (χ2n) is 9.06. The SMILES string of the molecule is CCc1ccc(CNC(=O)C2CCCN(C(=O)c3[nH]c(C)c(C(=O)OC(C)C)c3C)C2)cc1. The first-order chi connectivity index (χ1) is 15.7. The Morgan fingerprint density at radius 1 is 1.15 bits per heavy atom. The highest BCUT2D eigenvalue weighted by Gasteiger charge is 2.32. The van der Waals surface area contributed by atoms with Gasteiger partial charge < -0.3 is 19.9 Å². The van der Waals surface area contributed by atoms with Gasteiger partial charge in [0.25, 0.3) is 5.91 Å². The van der Waals surface area contributed by atoms with Gasteiger partial charge in [-0.2, -0.15) is 0 Å². The standard InChI is InChI=1S/C26H35N3O4/c1-6-19-9-11-20(12-10-19)14-27-24(30)21-8-7-13-29(15-21)25(31)23-17(4)22(18(5)28-23)26(32)33-16(2)3/h9-12,16,21,28H,6-8,13-15H2,1-5H3,(H,27,30). The van der Waals surface area contributed by atoms with E-state index in [4.69, 9.17) is 4.74 Å². The van der Waals surface area contributed by atoms with Crippen molar-refractivity contribution in [2.45, 2.75) is 66.5 Å². The minimum Gasteiger partial charge on any atom is -0.459 e. The molecule has 1 fully saturated rings. The van der Waals surface area contributed by atoms with Gasteiger partial charge in [0.1, 0.15) is 5.69 Å². The number of carbonyl (C=O) groups is 3. The third kappa shape index (κ3) is 5.83. The summed E-state index contributed by atoms with van der Waals surface area (Å²) in [7, 11) is 0. The number of hydrogen-bond donors (Lipinski definition) is 2. The molecule has 2 heterocycles. The Bertz CT molecular complexity index is 1010. The molecule has 1 aromatic carbocycles. The van der Waals surface area contributed by atoms with E-state index in [1.165, 1.54) is 5.56 Å². The van der Waals surface area contributed by atoms with E-state index in [-0.39, 0.29) is 23.8 Å². The average molecular weight is 454 g/mol. The molecule has 0 saturated carbocycles. The summed E-state index contributed by atoms with van der Waals surface area (Å²) in [5.74, 6) is -0.906.